The predicted octanol–water partition coefficient (Wildman–Crippen LogP) is 2.13. The van der Waals surface area contributed by atoms with E-state index in [0.29, 0.717) is 17.8 Å². The predicted molar refractivity (Wildman–Crippen MR) is 89.9 cm³/mol. The van der Waals surface area contributed by atoms with Crippen LogP contribution in [0, 0.1) is 11.3 Å². The van der Waals surface area contributed by atoms with Crippen molar-refractivity contribution in [2.24, 2.45) is 0 Å². The molecule has 1 heterocycles. The van der Waals surface area contributed by atoms with Gasteiger partial charge in [-0.15, -0.1) is 0 Å². The van der Waals surface area contributed by atoms with Gasteiger partial charge in [-0.05, 0) is 36.4 Å². The van der Waals surface area contributed by atoms with Gasteiger partial charge in [0.15, 0.2) is 0 Å². The Balaban J connectivity index is 2.25. The van der Waals surface area contributed by atoms with Crippen molar-refractivity contribution in [1.82, 2.24) is 4.98 Å². The number of nitrogens with one attached hydrogen (secondary N) is 1. The minimum Gasteiger partial charge on any atom is -0.326 e. The molecule has 0 radical (unpaired) electrons. The molecule has 0 atom stereocenters. The monoisotopic (exact) mass is 344 g/mol. The van der Waals surface area contributed by atoms with E-state index in [-0.39, 0.29) is 16.5 Å². The third-order valence-corrected chi connectivity index (χ3v) is 5.14. The van der Waals surface area contributed by atoms with Crippen LogP contribution in [0.5, 0.6) is 0 Å². The van der Waals surface area contributed by atoms with Crippen molar-refractivity contribution < 1.29 is 13.2 Å². The van der Waals surface area contributed by atoms with Crippen LogP contribution in [-0.4, -0.2) is 26.4 Å². The Morgan fingerprint density at radius 2 is 1.92 bits per heavy atom. The average molecular weight is 344 g/mol. The van der Waals surface area contributed by atoms with Gasteiger partial charge in [-0.3, -0.25) is 9.10 Å². The van der Waals surface area contributed by atoms with Gasteiger partial charge in [0, 0.05) is 19.2 Å². The molecule has 124 valence electrons. The Labute approximate surface area is 140 Å². The van der Waals surface area contributed by atoms with E-state index in [1.165, 1.54) is 49.6 Å². The van der Waals surface area contributed by atoms with Gasteiger partial charge in [0.1, 0.15) is 11.8 Å². The lowest BCUT2D eigenvalue weighted by Crippen LogP contribution is -2.26. The highest BCUT2D eigenvalue weighted by molar-refractivity contribution is 7.92. The van der Waals surface area contributed by atoms with E-state index in [9.17, 15) is 13.2 Å². The number of benzene rings is 1. The average Bonchev–Trinajstić information content (AvgIpc) is 2.61. The summed E-state index contributed by atoms with van der Waals surface area (Å²) in [5.74, 6) is -0.147. The van der Waals surface area contributed by atoms with Crippen LogP contribution >= 0.6 is 0 Å². The molecule has 0 saturated carbocycles. The lowest BCUT2D eigenvalue weighted by Gasteiger charge is -2.19. The van der Waals surface area contributed by atoms with Crippen molar-refractivity contribution in [2.45, 2.75) is 18.2 Å². The van der Waals surface area contributed by atoms with Gasteiger partial charge >= 0.3 is 0 Å². The molecule has 0 bridgehead atoms. The summed E-state index contributed by atoms with van der Waals surface area (Å²) in [5, 5.41) is 11.4. The molecule has 0 fully saturated rings. The Morgan fingerprint density at radius 3 is 2.42 bits per heavy atom. The van der Waals surface area contributed by atoms with E-state index >= 15 is 0 Å². The third kappa shape index (κ3) is 3.70. The molecule has 7 nitrogen and oxygen atoms in total. The second-order valence-electron chi connectivity index (χ2n) is 4.91. The SMILES string of the molecule is CCC(=O)Nc1ccc(S(=O)(=O)N(C)c2ccc(C#N)nc2)cc1. The fourth-order valence-electron chi connectivity index (χ4n) is 1.89. The van der Waals surface area contributed by atoms with E-state index < -0.39 is 10.0 Å². The minimum absolute atomic E-state index is 0.0869. The molecule has 1 N–H and O–H groups in total. The van der Waals surface area contributed by atoms with Crippen LogP contribution in [0.4, 0.5) is 11.4 Å². The first-order valence-corrected chi connectivity index (χ1v) is 8.57. The highest BCUT2D eigenvalue weighted by Gasteiger charge is 2.21. The molecule has 2 aromatic rings. The summed E-state index contributed by atoms with van der Waals surface area (Å²) < 4.78 is 26.3. The van der Waals surface area contributed by atoms with E-state index in [1.807, 2.05) is 6.07 Å². The van der Waals surface area contributed by atoms with Crippen LogP contribution in [0.1, 0.15) is 19.0 Å². The molecule has 8 heteroatoms. The van der Waals surface area contributed by atoms with Crippen LogP contribution in [0.25, 0.3) is 0 Å². The highest BCUT2D eigenvalue weighted by Crippen LogP contribution is 2.22. The van der Waals surface area contributed by atoms with Crippen molar-refractivity contribution in [1.29, 1.82) is 5.26 Å². The van der Waals surface area contributed by atoms with Gasteiger partial charge in [0.2, 0.25) is 5.91 Å². The molecular formula is C16H16N4O3S. The Hall–Kier alpha value is -2.92. The number of carbonyl (C=O) groups is 1. The summed E-state index contributed by atoms with van der Waals surface area (Å²) >= 11 is 0. The van der Waals surface area contributed by atoms with Crippen LogP contribution in [0.2, 0.25) is 0 Å². The van der Waals surface area contributed by atoms with Crippen molar-refractivity contribution in [3.8, 4) is 6.07 Å². The smallest absolute Gasteiger partial charge is 0.264 e. The second kappa shape index (κ2) is 7.10. The quantitative estimate of drug-likeness (QED) is 0.895. The number of sulfonamides is 1. The fraction of sp³-hybridized carbons (Fsp3) is 0.188. The zero-order valence-corrected chi connectivity index (χ0v) is 14.0. The van der Waals surface area contributed by atoms with Gasteiger partial charge in [-0.25, -0.2) is 13.4 Å². The molecule has 1 aromatic carbocycles. The Bertz CT molecular complexity index is 869. The summed E-state index contributed by atoms with van der Waals surface area (Å²) in [6, 6.07) is 10.8. The number of rotatable bonds is 5. The molecule has 0 aliphatic carbocycles. The van der Waals surface area contributed by atoms with E-state index in [4.69, 9.17) is 5.26 Å². The maximum Gasteiger partial charge on any atom is 0.264 e. The number of aromatic nitrogens is 1. The van der Waals surface area contributed by atoms with Gasteiger partial charge in [0.25, 0.3) is 10.0 Å². The number of amides is 1. The topological polar surface area (TPSA) is 103 Å². The van der Waals surface area contributed by atoms with Crippen LogP contribution in [0.3, 0.4) is 0 Å². The molecule has 0 aliphatic heterocycles. The minimum atomic E-state index is -3.76. The lowest BCUT2D eigenvalue weighted by atomic mass is 10.3. The van der Waals surface area contributed by atoms with Crippen molar-refractivity contribution in [3.05, 3.63) is 48.3 Å². The first-order valence-electron chi connectivity index (χ1n) is 7.13. The number of hydrogen-bond donors (Lipinski definition) is 1. The van der Waals surface area contributed by atoms with Crippen molar-refractivity contribution in [3.63, 3.8) is 0 Å². The number of anilines is 2. The third-order valence-electron chi connectivity index (χ3n) is 3.34. The number of hydrogen-bond acceptors (Lipinski definition) is 5. The molecule has 1 aromatic heterocycles. The maximum absolute atomic E-state index is 12.6. The molecule has 1 amide bonds. The largest absolute Gasteiger partial charge is 0.326 e. The summed E-state index contributed by atoms with van der Waals surface area (Å²) in [7, 11) is -2.36. The zero-order valence-electron chi connectivity index (χ0n) is 13.2. The van der Waals surface area contributed by atoms with E-state index in [1.54, 1.807) is 6.92 Å². The summed E-state index contributed by atoms with van der Waals surface area (Å²) in [6.45, 7) is 1.73. The maximum atomic E-state index is 12.6. The summed E-state index contributed by atoms with van der Waals surface area (Å²) in [4.78, 5) is 15.3. The van der Waals surface area contributed by atoms with Gasteiger partial charge in [-0.1, -0.05) is 6.92 Å². The van der Waals surface area contributed by atoms with Gasteiger partial charge in [-0.2, -0.15) is 5.26 Å². The van der Waals surface area contributed by atoms with Crippen LogP contribution < -0.4 is 9.62 Å². The Kier molecular flexibility index (Phi) is 5.16. The van der Waals surface area contributed by atoms with E-state index in [2.05, 4.69) is 10.3 Å². The highest BCUT2D eigenvalue weighted by atomic mass is 32.2. The fourth-order valence-corrected chi connectivity index (χ4v) is 3.08. The van der Waals surface area contributed by atoms with Gasteiger partial charge < -0.3 is 5.32 Å². The standard InChI is InChI=1S/C16H16N4O3S/c1-3-16(21)19-12-5-8-15(9-6-12)24(22,23)20(2)14-7-4-13(10-17)18-11-14/h4-9,11H,3H2,1-2H3,(H,19,21). The molecular weight excluding hydrogens is 328 g/mol. The van der Waals surface area contributed by atoms with Crippen LogP contribution in [0.15, 0.2) is 47.5 Å². The second-order valence-corrected chi connectivity index (χ2v) is 6.88. The number of nitriles is 1. The summed E-state index contributed by atoms with van der Waals surface area (Å²) in [5.41, 5.74) is 1.08. The van der Waals surface area contributed by atoms with Gasteiger partial charge in [0.05, 0.1) is 16.8 Å². The number of pyridine rings is 1. The first kappa shape index (κ1) is 17.4. The molecule has 2 rings (SSSR count). The first-order chi connectivity index (χ1) is 11.4. The number of carbonyl (C=O) groups excluding carboxylic acids is 1. The number of nitrogens with zero attached hydrogens (tertiary/aromatic N) is 3. The lowest BCUT2D eigenvalue weighted by molar-refractivity contribution is -0.115. The molecule has 0 unspecified atom stereocenters. The Morgan fingerprint density at radius 1 is 1.25 bits per heavy atom. The van der Waals surface area contributed by atoms with Crippen LogP contribution in [-0.2, 0) is 14.8 Å². The normalized spacial score (nSPS) is 10.7. The molecule has 0 aliphatic rings. The van der Waals surface area contributed by atoms with Crippen molar-refractivity contribution >= 4 is 27.3 Å². The zero-order chi connectivity index (χ0) is 17.7. The van der Waals surface area contributed by atoms with E-state index in [0.717, 1.165) is 4.31 Å². The van der Waals surface area contributed by atoms with Crippen molar-refractivity contribution in [2.75, 3.05) is 16.7 Å². The molecule has 24 heavy (non-hydrogen) atoms. The molecule has 0 saturated heterocycles. The summed E-state index contributed by atoms with van der Waals surface area (Å²) in [6.07, 6.45) is 1.67. The molecule has 0 spiro atoms.